The third-order valence-corrected chi connectivity index (χ3v) is 2.73. The third-order valence-electron chi connectivity index (χ3n) is 2.73. The molecular weight excluding hydrogens is 238 g/mol. The molecule has 1 saturated heterocycles. The van der Waals surface area contributed by atoms with Gasteiger partial charge in [-0.25, -0.2) is 14.8 Å². The van der Waals surface area contributed by atoms with E-state index in [0.717, 1.165) is 0 Å². The summed E-state index contributed by atoms with van der Waals surface area (Å²) >= 11 is 0. The Morgan fingerprint density at radius 1 is 1.28 bits per heavy atom. The van der Waals surface area contributed by atoms with E-state index in [1.807, 2.05) is 0 Å². The average Bonchev–Trinajstić information content (AvgIpc) is 2.40. The maximum absolute atomic E-state index is 11.9. The van der Waals surface area contributed by atoms with Crippen molar-refractivity contribution in [2.75, 3.05) is 18.5 Å². The van der Waals surface area contributed by atoms with Gasteiger partial charge in [0.1, 0.15) is 0 Å². The van der Waals surface area contributed by atoms with Gasteiger partial charge < -0.3 is 15.2 Å². The Labute approximate surface area is 103 Å². The number of amides is 1. The summed E-state index contributed by atoms with van der Waals surface area (Å²) in [6, 6.07) is 0. The first-order chi connectivity index (χ1) is 8.68. The number of nitrogens with one attached hydrogen (secondary N) is 1. The maximum Gasteiger partial charge on any atom is 0.358 e. The van der Waals surface area contributed by atoms with Gasteiger partial charge in [0.15, 0.2) is 11.5 Å². The molecule has 0 aliphatic carbocycles. The number of carbonyl (C=O) groups is 2. The normalized spacial score (nSPS) is 16.2. The molecule has 18 heavy (non-hydrogen) atoms. The number of ether oxygens (including phenoxy) is 1. The van der Waals surface area contributed by atoms with Crippen molar-refractivity contribution in [2.45, 2.75) is 12.8 Å². The monoisotopic (exact) mass is 251 g/mol. The van der Waals surface area contributed by atoms with Gasteiger partial charge in [0, 0.05) is 31.5 Å². The lowest BCUT2D eigenvalue weighted by Crippen LogP contribution is -2.29. The zero-order valence-corrected chi connectivity index (χ0v) is 9.63. The van der Waals surface area contributed by atoms with Crippen LogP contribution in [0.15, 0.2) is 12.4 Å². The fourth-order valence-electron chi connectivity index (χ4n) is 1.76. The van der Waals surface area contributed by atoms with E-state index in [2.05, 4.69) is 15.3 Å². The lowest BCUT2D eigenvalue weighted by atomic mass is 9.99. The van der Waals surface area contributed by atoms with E-state index < -0.39 is 5.97 Å². The zero-order chi connectivity index (χ0) is 13.0. The lowest BCUT2D eigenvalue weighted by Gasteiger charge is -2.21. The topological polar surface area (TPSA) is 101 Å². The molecule has 0 unspecified atom stereocenters. The number of carbonyl (C=O) groups excluding carboxylic acids is 1. The van der Waals surface area contributed by atoms with Crippen LogP contribution in [0.2, 0.25) is 0 Å². The van der Waals surface area contributed by atoms with Gasteiger partial charge in [0.2, 0.25) is 5.91 Å². The van der Waals surface area contributed by atoms with E-state index in [9.17, 15) is 9.59 Å². The molecule has 0 saturated carbocycles. The van der Waals surface area contributed by atoms with Crippen LogP contribution in [-0.4, -0.2) is 40.2 Å². The highest BCUT2D eigenvalue weighted by Gasteiger charge is 2.23. The highest BCUT2D eigenvalue weighted by Crippen LogP contribution is 2.17. The molecule has 7 heteroatoms. The molecule has 1 aromatic heterocycles. The summed E-state index contributed by atoms with van der Waals surface area (Å²) < 4.78 is 5.16. The number of rotatable bonds is 3. The Morgan fingerprint density at radius 2 is 1.94 bits per heavy atom. The summed E-state index contributed by atoms with van der Waals surface area (Å²) in [5.74, 6) is -1.63. The summed E-state index contributed by atoms with van der Waals surface area (Å²) in [5.41, 5.74) is -0.252. The summed E-state index contributed by atoms with van der Waals surface area (Å²) in [7, 11) is 0. The van der Waals surface area contributed by atoms with Crippen molar-refractivity contribution in [3.63, 3.8) is 0 Å². The number of nitrogens with zero attached hydrogens (tertiary/aromatic N) is 2. The zero-order valence-electron chi connectivity index (χ0n) is 9.63. The molecule has 0 atom stereocenters. The first-order valence-corrected chi connectivity index (χ1v) is 5.61. The second-order valence-corrected chi connectivity index (χ2v) is 3.93. The number of aromatic nitrogens is 2. The van der Waals surface area contributed by atoms with Crippen LogP contribution < -0.4 is 5.32 Å². The van der Waals surface area contributed by atoms with E-state index in [1.165, 1.54) is 12.4 Å². The molecule has 2 N–H and O–H groups in total. The number of carboxylic acid groups (broad SMARTS) is 1. The molecule has 0 radical (unpaired) electrons. The minimum atomic E-state index is -1.22. The van der Waals surface area contributed by atoms with Crippen molar-refractivity contribution in [2.24, 2.45) is 5.92 Å². The van der Waals surface area contributed by atoms with Crippen molar-refractivity contribution >= 4 is 17.7 Å². The Balaban J connectivity index is 2.08. The Bertz CT molecular complexity index is 457. The SMILES string of the molecule is O=C(O)c1nccnc1NC(=O)C1CCOCC1. The van der Waals surface area contributed by atoms with Crippen molar-refractivity contribution in [3.05, 3.63) is 18.1 Å². The second-order valence-electron chi connectivity index (χ2n) is 3.93. The summed E-state index contributed by atoms with van der Waals surface area (Å²) in [4.78, 5) is 30.3. The molecule has 96 valence electrons. The van der Waals surface area contributed by atoms with Crippen molar-refractivity contribution in [1.29, 1.82) is 0 Å². The molecule has 1 fully saturated rings. The third kappa shape index (κ3) is 2.80. The number of carboxylic acids is 1. The minimum Gasteiger partial charge on any atom is -0.476 e. The van der Waals surface area contributed by atoms with E-state index >= 15 is 0 Å². The molecule has 1 aliphatic heterocycles. The average molecular weight is 251 g/mol. The number of hydrogen-bond donors (Lipinski definition) is 2. The van der Waals surface area contributed by atoms with Crippen LogP contribution >= 0.6 is 0 Å². The summed E-state index contributed by atoms with van der Waals surface area (Å²) in [6.45, 7) is 1.09. The molecule has 1 aromatic rings. The summed E-state index contributed by atoms with van der Waals surface area (Å²) in [5, 5.41) is 11.4. The standard InChI is InChI=1S/C11H13N3O4/c15-10(7-1-5-18-6-2-7)14-9-8(11(16)17)12-3-4-13-9/h3-4,7H,1-2,5-6H2,(H,16,17)(H,13,14,15). The van der Waals surface area contributed by atoms with Gasteiger partial charge in [-0.05, 0) is 12.8 Å². The van der Waals surface area contributed by atoms with Gasteiger partial charge in [-0.15, -0.1) is 0 Å². The smallest absolute Gasteiger partial charge is 0.358 e. The number of anilines is 1. The number of aromatic carboxylic acids is 1. The van der Waals surface area contributed by atoms with Gasteiger partial charge in [-0.2, -0.15) is 0 Å². The quantitative estimate of drug-likeness (QED) is 0.813. The van der Waals surface area contributed by atoms with Gasteiger partial charge in [-0.3, -0.25) is 4.79 Å². The highest BCUT2D eigenvalue weighted by atomic mass is 16.5. The number of hydrogen-bond acceptors (Lipinski definition) is 5. The maximum atomic E-state index is 11.9. The minimum absolute atomic E-state index is 0.0125. The van der Waals surface area contributed by atoms with Gasteiger partial charge in [-0.1, -0.05) is 0 Å². The van der Waals surface area contributed by atoms with Crippen LogP contribution in [0.3, 0.4) is 0 Å². The lowest BCUT2D eigenvalue weighted by molar-refractivity contribution is -0.122. The predicted molar refractivity (Wildman–Crippen MR) is 61.2 cm³/mol. The largest absolute Gasteiger partial charge is 0.476 e. The molecule has 7 nitrogen and oxygen atoms in total. The van der Waals surface area contributed by atoms with Crippen LogP contribution in [0, 0.1) is 5.92 Å². The van der Waals surface area contributed by atoms with Gasteiger partial charge in [0.05, 0.1) is 0 Å². The highest BCUT2D eigenvalue weighted by molar-refractivity contribution is 5.98. The Kier molecular flexibility index (Phi) is 3.83. The molecule has 2 rings (SSSR count). The molecule has 1 amide bonds. The van der Waals surface area contributed by atoms with E-state index in [-0.39, 0.29) is 23.3 Å². The van der Waals surface area contributed by atoms with Crippen LogP contribution in [0.5, 0.6) is 0 Å². The van der Waals surface area contributed by atoms with E-state index in [0.29, 0.717) is 26.1 Å². The van der Waals surface area contributed by atoms with Crippen molar-refractivity contribution in [1.82, 2.24) is 9.97 Å². The van der Waals surface area contributed by atoms with Crippen molar-refractivity contribution < 1.29 is 19.4 Å². The first kappa shape index (κ1) is 12.4. The summed E-state index contributed by atoms with van der Waals surface area (Å²) in [6.07, 6.45) is 3.88. The first-order valence-electron chi connectivity index (χ1n) is 5.61. The fourth-order valence-corrected chi connectivity index (χ4v) is 1.76. The molecule has 0 bridgehead atoms. The molecule has 1 aliphatic rings. The van der Waals surface area contributed by atoms with Gasteiger partial charge >= 0.3 is 5.97 Å². The van der Waals surface area contributed by atoms with E-state index in [4.69, 9.17) is 9.84 Å². The molecule has 0 aromatic carbocycles. The van der Waals surface area contributed by atoms with Gasteiger partial charge in [0.25, 0.3) is 0 Å². The van der Waals surface area contributed by atoms with Crippen LogP contribution in [0.4, 0.5) is 5.82 Å². The Hall–Kier alpha value is -2.02. The molecule has 0 spiro atoms. The Morgan fingerprint density at radius 3 is 2.61 bits per heavy atom. The molecule has 2 heterocycles. The second kappa shape index (κ2) is 5.54. The van der Waals surface area contributed by atoms with Crippen molar-refractivity contribution in [3.8, 4) is 0 Å². The molecular formula is C11H13N3O4. The predicted octanol–water partition coefficient (Wildman–Crippen LogP) is 0.540. The van der Waals surface area contributed by atoms with Crippen LogP contribution in [0.1, 0.15) is 23.3 Å². The van der Waals surface area contributed by atoms with Crippen LogP contribution in [0.25, 0.3) is 0 Å². The van der Waals surface area contributed by atoms with E-state index in [1.54, 1.807) is 0 Å². The fraction of sp³-hybridized carbons (Fsp3) is 0.455. The van der Waals surface area contributed by atoms with Crippen LogP contribution in [-0.2, 0) is 9.53 Å².